The summed E-state index contributed by atoms with van der Waals surface area (Å²) in [6.07, 6.45) is 0. The van der Waals surface area contributed by atoms with Gasteiger partial charge in [0.05, 0.1) is 10.7 Å². The zero-order valence-electron chi connectivity index (χ0n) is 14.7. The van der Waals surface area contributed by atoms with E-state index in [0.29, 0.717) is 11.4 Å². The Bertz CT molecular complexity index is 1130. The second-order valence-corrected chi connectivity index (χ2v) is 9.33. The number of carbonyl (C=O) groups excluding carboxylic acids is 1. The van der Waals surface area contributed by atoms with E-state index in [2.05, 4.69) is 32.6 Å². The van der Waals surface area contributed by atoms with Crippen LogP contribution in [0.2, 0.25) is 5.02 Å². The topological polar surface area (TPSA) is 75.3 Å². The lowest BCUT2D eigenvalue weighted by Gasteiger charge is -2.13. The molecular formula is C20H16ClIN2O3S. The Balaban J connectivity index is 1.89. The van der Waals surface area contributed by atoms with E-state index in [1.165, 1.54) is 18.2 Å². The van der Waals surface area contributed by atoms with Gasteiger partial charge in [-0.3, -0.25) is 9.52 Å². The molecule has 0 aliphatic heterocycles. The van der Waals surface area contributed by atoms with Crippen LogP contribution in [0.4, 0.5) is 11.4 Å². The Labute approximate surface area is 182 Å². The summed E-state index contributed by atoms with van der Waals surface area (Å²) in [6.45, 7) is 1.80. The Morgan fingerprint density at radius 2 is 1.68 bits per heavy atom. The maximum atomic E-state index is 12.8. The molecule has 0 saturated heterocycles. The molecule has 0 aliphatic carbocycles. The van der Waals surface area contributed by atoms with E-state index in [9.17, 15) is 13.2 Å². The number of amides is 1. The van der Waals surface area contributed by atoms with Crippen LogP contribution in [-0.4, -0.2) is 14.3 Å². The second kappa shape index (κ2) is 8.50. The number of sulfonamides is 1. The number of para-hydroxylation sites is 1. The molecule has 1 amide bonds. The average Bonchev–Trinajstić information content (AvgIpc) is 2.65. The predicted octanol–water partition coefficient (Wildman–Crippen LogP) is 5.31. The van der Waals surface area contributed by atoms with Crippen molar-refractivity contribution in [2.24, 2.45) is 0 Å². The highest BCUT2D eigenvalue weighted by molar-refractivity contribution is 14.1. The molecule has 0 unspecified atom stereocenters. The van der Waals surface area contributed by atoms with Crippen LogP contribution in [0.3, 0.4) is 0 Å². The summed E-state index contributed by atoms with van der Waals surface area (Å²) in [7, 11) is -3.96. The molecule has 144 valence electrons. The van der Waals surface area contributed by atoms with Crippen molar-refractivity contribution < 1.29 is 13.2 Å². The van der Waals surface area contributed by atoms with Crippen molar-refractivity contribution in [3.63, 3.8) is 0 Å². The van der Waals surface area contributed by atoms with Gasteiger partial charge >= 0.3 is 0 Å². The van der Waals surface area contributed by atoms with E-state index in [-0.39, 0.29) is 15.5 Å². The number of anilines is 2. The molecule has 2 N–H and O–H groups in total. The molecule has 0 heterocycles. The van der Waals surface area contributed by atoms with Gasteiger partial charge in [0.1, 0.15) is 4.90 Å². The Hall–Kier alpha value is -2.10. The molecule has 0 aromatic heterocycles. The minimum Gasteiger partial charge on any atom is -0.322 e. The molecule has 0 spiro atoms. The average molecular weight is 527 g/mol. The predicted molar refractivity (Wildman–Crippen MR) is 121 cm³/mol. The molecule has 28 heavy (non-hydrogen) atoms. The van der Waals surface area contributed by atoms with E-state index in [0.717, 1.165) is 9.13 Å². The summed E-state index contributed by atoms with van der Waals surface area (Å²) in [4.78, 5) is 12.4. The standard InChI is InChI=1S/C20H16ClIN2O3S/c1-13-4-2-3-5-18(13)24-28(26,27)19-12-14(6-11-17(19)21)20(25)23-16-9-7-15(22)8-10-16/h2-12,24H,1H3,(H,23,25). The molecule has 0 aliphatic rings. The molecule has 0 radical (unpaired) electrons. The number of rotatable bonds is 5. The third kappa shape index (κ3) is 4.84. The molecule has 3 aromatic rings. The fourth-order valence-corrected chi connectivity index (χ4v) is 4.49. The van der Waals surface area contributed by atoms with Gasteiger partial charge in [-0.2, -0.15) is 0 Å². The van der Waals surface area contributed by atoms with Gasteiger partial charge in [0.2, 0.25) is 0 Å². The molecule has 8 heteroatoms. The van der Waals surface area contributed by atoms with Gasteiger partial charge in [-0.25, -0.2) is 8.42 Å². The largest absolute Gasteiger partial charge is 0.322 e. The summed E-state index contributed by atoms with van der Waals surface area (Å²) in [5.74, 6) is -0.426. The van der Waals surface area contributed by atoms with Crippen molar-refractivity contribution in [2.75, 3.05) is 10.0 Å². The van der Waals surface area contributed by atoms with Gasteiger partial charge in [-0.15, -0.1) is 0 Å². The van der Waals surface area contributed by atoms with Crippen LogP contribution >= 0.6 is 34.2 Å². The highest BCUT2D eigenvalue weighted by Crippen LogP contribution is 2.26. The Morgan fingerprint density at radius 1 is 1.00 bits per heavy atom. The number of nitrogens with one attached hydrogen (secondary N) is 2. The Kier molecular flexibility index (Phi) is 6.26. The zero-order valence-corrected chi connectivity index (χ0v) is 18.5. The van der Waals surface area contributed by atoms with Crippen LogP contribution in [0, 0.1) is 10.5 Å². The lowest BCUT2D eigenvalue weighted by molar-refractivity contribution is 0.102. The molecule has 0 atom stereocenters. The van der Waals surface area contributed by atoms with Crippen LogP contribution < -0.4 is 10.0 Å². The van der Waals surface area contributed by atoms with Gasteiger partial charge in [0, 0.05) is 14.8 Å². The van der Waals surface area contributed by atoms with Gasteiger partial charge in [0.25, 0.3) is 15.9 Å². The van der Waals surface area contributed by atoms with Crippen molar-refractivity contribution in [1.82, 2.24) is 0 Å². The van der Waals surface area contributed by atoms with Crippen molar-refractivity contribution in [1.29, 1.82) is 0 Å². The fraction of sp³-hybridized carbons (Fsp3) is 0.0500. The number of hydrogen-bond acceptors (Lipinski definition) is 3. The molecule has 0 saturated carbocycles. The van der Waals surface area contributed by atoms with Crippen molar-refractivity contribution in [2.45, 2.75) is 11.8 Å². The van der Waals surface area contributed by atoms with Crippen molar-refractivity contribution >= 4 is 61.5 Å². The second-order valence-electron chi connectivity index (χ2n) is 6.03. The first-order chi connectivity index (χ1) is 13.3. The minimum atomic E-state index is -3.96. The van der Waals surface area contributed by atoms with E-state index >= 15 is 0 Å². The van der Waals surface area contributed by atoms with Crippen molar-refractivity contribution in [3.05, 3.63) is 86.4 Å². The highest BCUT2D eigenvalue weighted by atomic mass is 127. The van der Waals surface area contributed by atoms with Gasteiger partial charge in [-0.05, 0) is 83.6 Å². The quantitative estimate of drug-likeness (QED) is 0.443. The number of halogens is 2. The summed E-state index contributed by atoms with van der Waals surface area (Å²) in [5.41, 5.74) is 2.03. The molecule has 0 fully saturated rings. The first-order valence-corrected chi connectivity index (χ1v) is 11.2. The van der Waals surface area contributed by atoms with Crippen LogP contribution in [0.15, 0.2) is 71.6 Å². The molecule has 3 rings (SSSR count). The van der Waals surface area contributed by atoms with E-state index in [1.807, 2.05) is 18.2 Å². The first kappa shape index (κ1) is 20.6. The fourth-order valence-electron chi connectivity index (χ4n) is 2.47. The number of aryl methyl sites for hydroxylation is 1. The first-order valence-electron chi connectivity index (χ1n) is 8.21. The summed E-state index contributed by atoms with van der Waals surface area (Å²) in [5, 5.41) is 2.78. The van der Waals surface area contributed by atoms with Crippen LogP contribution in [0.25, 0.3) is 0 Å². The summed E-state index contributed by atoms with van der Waals surface area (Å²) < 4.78 is 29.2. The summed E-state index contributed by atoms with van der Waals surface area (Å²) in [6, 6.07) is 18.4. The number of benzene rings is 3. The van der Waals surface area contributed by atoms with Crippen LogP contribution in [0.5, 0.6) is 0 Å². The molecule has 3 aromatic carbocycles. The number of carbonyl (C=O) groups is 1. The zero-order chi connectivity index (χ0) is 20.3. The molecule has 0 bridgehead atoms. The third-order valence-corrected chi connectivity index (χ3v) is 6.54. The van der Waals surface area contributed by atoms with E-state index < -0.39 is 15.9 Å². The van der Waals surface area contributed by atoms with Gasteiger partial charge in [0.15, 0.2) is 0 Å². The highest BCUT2D eigenvalue weighted by Gasteiger charge is 2.21. The van der Waals surface area contributed by atoms with Gasteiger partial charge in [-0.1, -0.05) is 29.8 Å². The number of hydrogen-bond donors (Lipinski definition) is 2. The van der Waals surface area contributed by atoms with E-state index in [4.69, 9.17) is 11.6 Å². The Morgan fingerprint density at radius 3 is 2.36 bits per heavy atom. The maximum Gasteiger partial charge on any atom is 0.263 e. The smallest absolute Gasteiger partial charge is 0.263 e. The van der Waals surface area contributed by atoms with Gasteiger partial charge < -0.3 is 5.32 Å². The lowest BCUT2D eigenvalue weighted by atomic mass is 10.2. The normalized spacial score (nSPS) is 11.1. The van der Waals surface area contributed by atoms with Crippen molar-refractivity contribution in [3.8, 4) is 0 Å². The molecular weight excluding hydrogens is 511 g/mol. The molecule has 5 nitrogen and oxygen atoms in total. The lowest BCUT2D eigenvalue weighted by Crippen LogP contribution is -2.17. The SMILES string of the molecule is Cc1ccccc1NS(=O)(=O)c1cc(C(=O)Nc2ccc(I)cc2)ccc1Cl. The minimum absolute atomic E-state index is 0.0342. The van der Waals surface area contributed by atoms with Crippen LogP contribution in [-0.2, 0) is 10.0 Å². The summed E-state index contributed by atoms with van der Waals surface area (Å²) >= 11 is 8.29. The third-order valence-electron chi connectivity index (χ3n) is 3.97. The van der Waals surface area contributed by atoms with E-state index in [1.54, 1.807) is 37.3 Å². The van der Waals surface area contributed by atoms with Crippen LogP contribution in [0.1, 0.15) is 15.9 Å². The maximum absolute atomic E-state index is 12.8. The monoisotopic (exact) mass is 526 g/mol.